The molecule has 0 aromatic heterocycles. The summed E-state index contributed by atoms with van der Waals surface area (Å²) in [5, 5.41) is 12.4. The Kier molecular flexibility index (Phi) is 3.64. The van der Waals surface area contributed by atoms with Crippen molar-refractivity contribution in [2.75, 3.05) is 18.5 Å². The average molecular weight is 235 g/mol. The van der Waals surface area contributed by atoms with Crippen LogP contribution in [-0.2, 0) is 4.74 Å². The van der Waals surface area contributed by atoms with Gasteiger partial charge in [0, 0.05) is 24.9 Å². The maximum Gasteiger partial charge on any atom is 0.336 e. The van der Waals surface area contributed by atoms with E-state index in [-0.39, 0.29) is 0 Å². The molecule has 1 aliphatic rings. The minimum Gasteiger partial charge on any atom is -0.478 e. The Morgan fingerprint density at radius 2 is 2.12 bits per heavy atom. The molecule has 1 aromatic rings. The number of carboxylic acids is 1. The summed E-state index contributed by atoms with van der Waals surface area (Å²) in [6, 6.07) is 5.85. The van der Waals surface area contributed by atoms with Crippen LogP contribution in [0.5, 0.6) is 0 Å². The number of aryl methyl sites for hydroxylation is 1. The van der Waals surface area contributed by atoms with E-state index in [1.54, 1.807) is 6.07 Å². The van der Waals surface area contributed by atoms with Gasteiger partial charge in [0.1, 0.15) is 0 Å². The first-order chi connectivity index (χ1) is 8.16. The van der Waals surface area contributed by atoms with Crippen molar-refractivity contribution in [3.63, 3.8) is 0 Å². The van der Waals surface area contributed by atoms with Crippen LogP contribution in [0.1, 0.15) is 28.8 Å². The maximum atomic E-state index is 11.0. The molecule has 1 saturated heterocycles. The smallest absolute Gasteiger partial charge is 0.336 e. The monoisotopic (exact) mass is 235 g/mol. The molecule has 0 radical (unpaired) electrons. The van der Waals surface area contributed by atoms with Crippen LogP contribution >= 0.6 is 0 Å². The van der Waals surface area contributed by atoms with Gasteiger partial charge in [0.05, 0.1) is 5.56 Å². The fraction of sp³-hybridized carbons (Fsp3) is 0.462. The highest BCUT2D eigenvalue weighted by Gasteiger charge is 2.14. The van der Waals surface area contributed by atoms with E-state index in [0.29, 0.717) is 11.6 Å². The van der Waals surface area contributed by atoms with E-state index in [4.69, 9.17) is 9.84 Å². The number of hydrogen-bond donors (Lipinski definition) is 2. The molecule has 1 aliphatic heterocycles. The average Bonchev–Trinajstić information content (AvgIpc) is 2.32. The van der Waals surface area contributed by atoms with Crippen LogP contribution in [0.25, 0.3) is 0 Å². The topological polar surface area (TPSA) is 58.6 Å². The van der Waals surface area contributed by atoms with Crippen LogP contribution in [0.2, 0.25) is 0 Å². The lowest BCUT2D eigenvalue weighted by molar-refractivity contribution is 0.0696. The lowest BCUT2D eigenvalue weighted by Gasteiger charge is -2.24. The molecule has 0 atom stereocenters. The largest absolute Gasteiger partial charge is 0.478 e. The van der Waals surface area contributed by atoms with Crippen LogP contribution in [0.3, 0.4) is 0 Å². The summed E-state index contributed by atoms with van der Waals surface area (Å²) in [4.78, 5) is 11.0. The number of nitrogens with one attached hydrogen (secondary N) is 1. The van der Waals surface area contributed by atoms with Gasteiger partial charge in [0.15, 0.2) is 0 Å². The summed E-state index contributed by atoms with van der Waals surface area (Å²) in [7, 11) is 0. The van der Waals surface area contributed by atoms with Gasteiger partial charge in [-0.15, -0.1) is 0 Å². The number of hydrogen-bond acceptors (Lipinski definition) is 3. The standard InChI is InChI=1S/C13H17NO3/c1-9-2-3-11(8-12(9)13(15)16)14-10-4-6-17-7-5-10/h2-3,8,10,14H,4-7H2,1H3,(H,15,16). The molecule has 4 nitrogen and oxygen atoms in total. The highest BCUT2D eigenvalue weighted by molar-refractivity contribution is 5.90. The molecule has 1 heterocycles. The zero-order chi connectivity index (χ0) is 12.3. The molecule has 17 heavy (non-hydrogen) atoms. The lowest BCUT2D eigenvalue weighted by atomic mass is 10.1. The van der Waals surface area contributed by atoms with E-state index < -0.39 is 5.97 Å². The van der Waals surface area contributed by atoms with Gasteiger partial charge in [-0.05, 0) is 37.5 Å². The number of rotatable bonds is 3. The molecular weight excluding hydrogens is 218 g/mol. The van der Waals surface area contributed by atoms with Gasteiger partial charge in [0.2, 0.25) is 0 Å². The fourth-order valence-corrected chi connectivity index (χ4v) is 2.02. The third-order valence-electron chi connectivity index (χ3n) is 3.06. The molecule has 0 unspecified atom stereocenters. The summed E-state index contributed by atoms with van der Waals surface area (Å²) in [6.45, 7) is 3.35. The highest BCUT2D eigenvalue weighted by Crippen LogP contribution is 2.19. The quantitative estimate of drug-likeness (QED) is 0.843. The van der Waals surface area contributed by atoms with Crippen molar-refractivity contribution in [2.45, 2.75) is 25.8 Å². The molecule has 0 amide bonds. The second-order valence-corrected chi connectivity index (χ2v) is 4.37. The second-order valence-electron chi connectivity index (χ2n) is 4.37. The third-order valence-corrected chi connectivity index (χ3v) is 3.06. The minimum absolute atomic E-state index is 0.363. The molecule has 0 spiro atoms. The van der Waals surface area contributed by atoms with Gasteiger partial charge < -0.3 is 15.2 Å². The number of ether oxygens (including phenoxy) is 1. The van der Waals surface area contributed by atoms with Gasteiger partial charge in [0.25, 0.3) is 0 Å². The number of aromatic carboxylic acids is 1. The Bertz CT molecular complexity index is 411. The minimum atomic E-state index is -0.877. The lowest BCUT2D eigenvalue weighted by Crippen LogP contribution is -2.27. The van der Waals surface area contributed by atoms with Gasteiger partial charge in [-0.25, -0.2) is 4.79 Å². The molecule has 2 rings (SSSR count). The number of benzene rings is 1. The van der Waals surface area contributed by atoms with Crippen LogP contribution < -0.4 is 5.32 Å². The van der Waals surface area contributed by atoms with Crippen molar-refractivity contribution in [3.8, 4) is 0 Å². The molecule has 1 fully saturated rings. The van der Waals surface area contributed by atoms with Crippen LogP contribution in [0.15, 0.2) is 18.2 Å². The van der Waals surface area contributed by atoms with Gasteiger partial charge >= 0.3 is 5.97 Å². The number of anilines is 1. The van der Waals surface area contributed by atoms with E-state index >= 15 is 0 Å². The maximum absolute atomic E-state index is 11.0. The summed E-state index contributed by atoms with van der Waals surface area (Å²) in [5.41, 5.74) is 2.02. The zero-order valence-electron chi connectivity index (χ0n) is 9.90. The predicted octanol–water partition coefficient (Wildman–Crippen LogP) is 2.28. The first-order valence-electron chi connectivity index (χ1n) is 5.85. The summed E-state index contributed by atoms with van der Waals surface area (Å²) < 4.78 is 5.28. The van der Waals surface area contributed by atoms with E-state index in [1.807, 2.05) is 19.1 Å². The first-order valence-corrected chi connectivity index (χ1v) is 5.85. The van der Waals surface area contributed by atoms with E-state index in [2.05, 4.69) is 5.32 Å². The molecule has 0 saturated carbocycles. The molecular formula is C13H17NO3. The first kappa shape index (κ1) is 11.9. The van der Waals surface area contributed by atoms with Gasteiger partial charge in [-0.3, -0.25) is 0 Å². The Labute approximate surface area is 101 Å². The second kappa shape index (κ2) is 5.19. The zero-order valence-corrected chi connectivity index (χ0v) is 9.90. The summed E-state index contributed by atoms with van der Waals surface area (Å²) in [5.74, 6) is -0.877. The van der Waals surface area contributed by atoms with Crippen molar-refractivity contribution < 1.29 is 14.6 Å². The highest BCUT2D eigenvalue weighted by atomic mass is 16.5. The Morgan fingerprint density at radius 1 is 1.41 bits per heavy atom. The molecule has 4 heteroatoms. The summed E-state index contributed by atoms with van der Waals surface area (Å²) in [6.07, 6.45) is 1.94. The van der Waals surface area contributed by atoms with E-state index in [9.17, 15) is 4.79 Å². The summed E-state index contributed by atoms with van der Waals surface area (Å²) >= 11 is 0. The van der Waals surface area contributed by atoms with E-state index in [1.165, 1.54) is 0 Å². The van der Waals surface area contributed by atoms with Crippen LogP contribution in [0.4, 0.5) is 5.69 Å². The van der Waals surface area contributed by atoms with Crippen molar-refractivity contribution in [3.05, 3.63) is 29.3 Å². The SMILES string of the molecule is Cc1ccc(NC2CCOCC2)cc1C(=O)O. The number of carbonyl (C=O) groups is 1. The molecule has 1 aromatic carbocycles. The van der Waals surface area contributed by atoms with Crippen molar-refractivity contribution >= 4 is 11.7 Å². The Morgan fingerprint density at radius 3 is 2.76 bits per heavy atom. The van der Waals surface area contributed by atoms with Gasteiger partial charge in [-0.1, -0.05) is 6.07 Å². The van der Waals surface area contributed by atoms with Crippen molar-refractivity contribution in [1.82, 2.24) is 0 Å². The van der Waals surface area contributed by atoms with Crippen LogP contribution in [0, 0.1) is 6.92 Å². The molecule has 0 bridgehead atoms. The van der Waals surface area contributed by atoms with Crippen LogP contribution in [-0.4, -0.2) is 30.3 Å². The third kappa shape index (κ3) is 2.97. The Hall–Kier alpha value is -1.55. The molecule has 2 N–H and O–H groups in total. The number of carboxylic acid groups (broad SMARTS) is 1. The van der Waals surface area contributed by atoms with Gasteiger partial charge in [-0.2, -0.15) is 0 Å². The molecule has 92 valence electrons. The fourth-order valence-electron chi connectivity index (χ4n) is 2.02. The van der Waals surface area contributed by atoms with Crippen molar-refractivity contribution in [1.29, 1.82) is 0 Å². The predicted molar refractivity (Wildman–Crippen MR) is 65.6 cm³/mol. The van der Waals surface area contributed by atoms with Crippen molar-refractivity contribution in [2.24, 2.45) is 0 Å². The van der Waals surface area contributed by atoms with E-state index in [0.717, 1.165) is 37.3 Å². The molecule has 0 aliphatic carbocycles. The normalized spacial score (nSPS) is 16.8. The Balaban J connectivity index is 2.10.